The Morgan fingerprint density at radius 1 is 1.17 bits per heavy atom. The van der Waals surface area contributed by atoms with E-state index >= 15 is 0 Å². The lowest BCUT2D eigenvalue weighted by molar-refractivity contribution is -0.151. The standard InChI is InChI=1S/C17H22N2O5/c1-5-13-8-6-7-9-14(13)23-11(2)10-12(3)24-17(21)15(19-18)16(20)22-4/h6-9,11-12H,5,10H2,1-4H3/t11-,12+/m0/s1. The first kappa shape index (κ1) is 19.4. The first-order chi connectivity index (χ1) is 11.4. The fourth-order valence-electron chi connectivity index (χ4n) is 2.19. The Kier molecular flexibility index (Phi) is 7.65. The summed E-state index contributed by atoms with van der Waals surface area (Å²) >= 11 is 0. The van der Waals surface area contributed by atoms with Crippen molar-refractivity contribution in [1.29, 1.82) is 0 Å². The summed E-state index contributed by atoms with van der Waals surface area (Å²) in [6, 6.07) is 7.72. The molecule has 0 amide bonds. The molecule has 0 aliphatic rings. The fraction of sp³-hybridized carbons (Fsp3) is 0.471. The van der Waals surface area contributed by atoms with Crippen molar-refractivity contribution in [3.63, 3.8) is 0 Å². The van der Waals surface area contributed by atoms with Crippen molar-refractivity contribution in [1.82, 2.24) is 0 Å². The number of ether oxygens (including phenoxy) is 3. The molecule has 7 heteroatoms. The van der Waals surface area contributed by atoms with Gasteiger partial charge in [0.2, 0.25) is 0 Å². The van der Waals surface area contributed by atoms with Gasteiger partial charge in [0.05, 0.1) is 13.2 Å². The third kappa shape index (κ3) is 5.52. The molecular formula is C17H22N2O5. The second-order valence-electron chi connectivity index (χ2n) is 5.28. The smallest absolute Gasteiger partial charge is 0.482 e. The van der Waals surface area contributed by atoms with Crippen LogP contribution >= 0.6 is 0 Å². The number of carbonyl (C=O) groups is 2. The van der Waals surface area contributed by atoms with Gasteiger partial charge in [-0.1, -0.05) is 25.1 Å². The second kappa shape index (κ2) is 9.47. The van der Waals surface area contributed by atoms with E-state index in [-0.39, 0.29) is 6.10 Å². The van der Waals surface area contributed by atoms with E-state index in [0.717, 1.165) is 24.8 Å². The van der Waals surface area contributed by atoms with E-state index in [1.54, 1.807) is 6.92 Å². The van der Waals surface area contributed by atoms with E-state index < -0.39 is 23.8 Å². The summed E-state index contributed by atoms with van der Waals surface area (Å²) < 4.78 is 15.3. The van der Waals surface area contributed by atoms with Crippen molar-refractivity contribution in [3.8, 4) is 5.75 Å². The summed E-state index contributed by atoms with van der Waals surface area (Å²) in [6.45, 7) is 5.56. The number of aryl methyl sites for hydroxylation is 1. The van der Waals surface area contributed by atoms with Crippen LogP contribution in [0.1, 0.15) is 32.8 Å². The molecule has 0 fully saturated rings. The maximum atomic E-state index is 11.8. The van der Waals surface area contributed by atoms with Gasteiger partial charge >= 0.3 is 17.7 Å². The minimum absolute atomic E-state index is 0.215. The van der Waals surface area contributed by atoms with Crippen LogP contribution in [0.2, 0.25) is 0 Å². The summed E-state index contributed by atoms with van der Waals surface area (Å²) in [5, 5.41) is 0. The van der Waals surface area contributed by atoms with E-state index in [1.807, 2.05) is 38.1 Å². The molecule has 0 aliphatic carbocycles. The molecule has 0 bridgehead atoms. The summed E-state index contributed by atoms with van der Waals surface area (Å²) in [7, 11) is 1.07. The van der Waals surface area contributed by atoms with Gasteiger partial charge in [0.1, 0.15) is 11.9 Å². The first-order valence-corrected chi connectivity index (χ1v) is 7.68. The highest BCUT2D eigenvalue weighted by atomic mass is 16.6. The minimum atomic E-state index is -1.06. The van der Waals surface area contributed by atoms with E-state index in [4.69, 9.17) is 15.0 Å². The lowest BCUT2D eigenvalue weighted by Crippen LogP contribution is -2.32. The molecule has 0 spiro atoms. The Labute approximate surface area is 141 Å². The molecule has 2 atom stereocenters. The lowest BCUT2D eigenvalue weighted by Gasteiger charge is -2.20. The monoisotopic (exact) mass is 334 g/mol. The third-order valence-electron chi connectivity index (χ3n) is 3.33. The number of nitrogens with zero attached hydrogens (tertiary/aromatic N) is 2. The number of rotatable bonds is 8. The van der Waals surface area contributed by atoms with E-state index in [2.05, 4.69) is 9.53 Å². The third-order valence-corrected chi connectivity index (χ3v) is 3.33. The number of para-hydroxylation sites is 1. The molecular weight excluding hydrogens is 312 g/mol. The van der Waals surface area contributed by atoms with E-state index in [1.165, 1.54) is 0 Å². The average molecular weight is 334 g/mol. The number of benzene rings is 1. The highest BCUT2D eigenvalue weighted by molar-refractivity contribution is 6.60. The van der Waals surface area contributed by atoms with Crippen molar-refractivity contribution in [3.05, 3.63) is 35.4 Å². The maximum Gasteiger partial charge on any atom is 0.482 e. The van der Waals surface area contributed by atoms with Crippen LogP contribution < -0.4 is 4.74 Å². The fourth-order valence-corrected chi connectivity index (χ4v) is 2.19. The Bertz CT molecular complexity index is 638. The Balaban J connectivity index is 2.61. The summed E-state index contributed by atoms with van der Waals surface area (Å²) in [4.78, 5) is 25.6. The molecule has 130 valence electrons. The average Bonchev–Trinajstić information content (AvgIpc) is 2.55. The molecule has 0 aliphatic heterocycles. The summed E-state index contributed by atoms with van der Waals surface area (Å²) in [5.74, 6) is -1.31. The van der Waals surface area contributed by atoms with Gasteiger partial charge in [0, 0.05) is 6.42 Å². The number of methoxy groups -OCH3 is 1. The van der Waals surface area contributed by atoms with Crippen LogP contribution in [0, 0.1) is 0 Å². The van der Waals surface area contributed by atoms with Gasteiger partial charge < -0.3 is 19.7 Å². The lowest BCUT2D eigenvalue weighted by atomic mass is 10.1. The normalized spacial score (nSPS) is 12.5. The van der Waals surface area contributed by atoms with Crippen molar-refractivity contribution in [2.24, 2.45) is 0 Å². The zero-order chi connectivity index (χ0) is 18.1. The van der Waals surface area contributed by atoms with Crippen LogP contribution in [0.3, 0.4) is 0 Å². The molecule has 0 N–H and O–H groups in total. The van der Waals surface area contributed by atoms with Crippen molar-refractivity contribution < 1.29 is 28.6 Å². The zero-order valence-corrected chi connectivity index (χ0v) is 14.3. The number of esters is 2. The van der Waals surface area contributed by atoms with Gasteiger partial charge in [-0.2, -0.15) is 4.79 Å². The largest absolute Gasteiger partial charge is 0.490 e. The molecule has 7 nitrogen and oxygen atoms in total. The summed E-state index contributed by atoms with van der Waals surface area (Å²) in [6.07, 6.45) is 0.503. The Hall–Kier alpha value is -2.66. The molecule has 1 aromatic carbocycles. The van der Waals surface area contributed by atoms with Gasteiger partial charge in [-0.15, -0.1) is 0 Å². The van der Waals surface area contributed by atoms with Crippen LogP contribution in [0.5, 0.6) is 5.75 Å². The topological polar surface area (TPSA) is 98.2 Å². The van der Waals surface area contributed by atoms with Gasteiger partial charge in [-0.3, -0.25) is 0 Å². The second-order valence-corrected chi connectivity index (χ2v) is 5.28. The van der Waals surface area contributed by atoms with E-state index in [9.17, 15) is 9.59 Å². The minimum Gasteiger partial charge on any atom is -0.490 e. The van der Waals surface area contributed by atoms with Gasteiger partial charge in [-0.25, -0.2) is 9.59 Å². The Morgan fingerprint density at radius 2 is 1.83 bits per heavy atom. The molecule has 0 saturated carbocycles. The zero-order valence-electron chi connectivity index (χ0n) is 14.3. The van der Waals surface area contributed by atoms with Crippen molar-refractivity contribution in [2.75, 3.05) is 7.11 Å². The molecule has 24 heavy (non-hydrogen) atoms. The number of hydrogen-bond acceptors (Lipinski definition) is 5. The van der Waals surface area contributed by atoms with Crippen LogP contribution in [0.15, 0.2) is 24.3 Å². The highest BCUT2D eigenvalue weighted by Gasteiger charge is 2.34. The first-order valence-electron chi connectivity index (χ1n) is 7.68. The molecule has 1 aromatic rings. The molecule has 1 rings (SSSR count). The van der Waals surface area contributed by atoms with Crippen LogP contribution in [-0.4, -0.2) is 41.8 Å². The van der Waals surface area contributed by atoms with E-state index in [0.29, 0.717) is 6.42 Å². The number of carbonyl (C=O) groups excluding carboxylic acids is 2. The van der Waals surface area contributed by atoms with Crippen molar-refractivity contribution >= 4 is 17.7 Å². The number of hydrogen-bond donors (Lipinski definition) is 0. The molecule has 0 heterocycles. The van der Waals surface area contributed by atoms with Gasteiger partial charge in [0.15, 0.2) is 0 Å². The van der Waals surface area contributed by atoms with Crippen LogP contribution in [0.25, 0.3) is 5.53 Å². The van der Waals surface area contributed by atoms with Crippen molar-refractivity contribution in [2.45, 2.75) is 45.8 Å². The van der Waals surface area contributed by atoms with Gasteiger partial charge in [-0.05, 0) is 31.9 Å². The van der Waals surface area contributed by atoms with Crippen LogP contribution in [-0.2, 0) is 25.5 Å². The quantitative estimate of drug-likeness (QED) is 0.238. The SMILES string of the molecule is CCc1ccccc1O[C@@H](C)C[C@@H](C)OC(=O)C(=[N+]=[N-])C(=O)OC. The molecule has 0 saturated heterocycles. The predicted octanol–water partition coefficient (Wildman–Crippen LogP) is 2.18. The molecule has 0 aromatic heterocycles. The van der Waals surface area contributed by atoms with Crippen LogP contribution in [0.4, 0.5) is 0 Å². The van der Waals surface area contributed by atoms with Gasteiger partial charge in [0.25, 0.3) is 0 Å². The maximum absolute atomic E-state index is 11.8. The molecule has 0 radical (unpaired) electrons. The Morgan fingerprint density at radius 3 is 2.42 bits per heavy atom. The summed E-state index contributed by atoms with van der Waals surface area (Å²) in [5.41, 5.74) is 9.00. The highest BCUT2D eigenvalue weighted by Crippen LogP contribution is 2.21. The molecule has 0 unspecified atom stereocenters. The predicted molar refractivity (Wildman–Crippen MR) is 86.7 cm³/mol.